The number of hydrogen-bond acceptors (Lipinski definition) is 3. The Labute approximate surface area is 96.9 Å². The van der Waals surface area contributed by atoms with E-state index in [1.165, 1.54) is 0 Å². The molecule has 92 valence electrons. The molecule has 1 heterocycles. The van der Waals surface area contributed by atoms with Crippen molar-refractivity contribution in [2.45, 2.75) is 31.8 Å². The molecule has 0 radical (unpaired) electrons. The zero-order valence-electron chi connectivity index (χ0n) is 9.98. The normalized spacial score (nSPS) is 24.2. The fraction of sp³-hybridized carbons (Fsp3) is 0.909. The molecule has 2 aliphatic rings. The van der Waals surface area contributed by atoms with E-state index in [0.29, 0.717) is 18.6 Å². The smallest absolute Gasteiger partial charge is 0.317 e. The first kappa shape index (κ1) is 11.7. The summed E-state index contributed by atoms with van der Waals surface area (Å²) in [5, 5.41) is 3.03. The maximum Gasteiger partial charge on any atom is 0.317 e. The largest absolute Gasteiger partial charge is 0.335 e. The maximum absolute atomic E-state index is 11.8. The number of nitrogens with zero attached hydrogens (tertiary/aromatic N) is 2. The fourth-order valence-electron chi connectivity index (χ4n) is 2.01. The third-order valence-electron chi connectivity index (χ3n) is 3.47. The highest BCUT2D eigenvalue weighted by molar-refractivity contribution is 5.75. The molecule has 16 heavy (non-hydrogen) atoms. The van der Waals surface area contributed by atoms with Gasteiger partial charge in [0.15, 0.2) is 0 Å². The van der Waals surface area contributed by atoms with E-state index in [-0.39, 0.29) is 6.03 Å². The zero-order valence-corrected chi connectivity index (χ0v) is 9.98. The lowest BCUT2D eigenvalue weighted by Crippen LogP contribution is -2.55. The van der Waals surface area contributed by atoms with E-state index in [2.05, 4.69) is 17.1 Å². The molecule has 1 saturated carbocycles. The molecular weight excluding hydrogens is 204 g/mol. The first-order valence-electron chi connectivity index (χ1n) is 6.20. The number of nitrogens with one attached hydrogen (secondary N) is 1. The Bertz CT molecular complexity index is 246. The van der Waals surface area contributed by atoms with Crippen molar-refractivity contribution in [3.63, 3.8) is 0 Å². The highest BCUT2D eigenvalue weighted by atomic mass is 16.2. The number of hydrogen-bond donors (Lipinski definition) is 2. The van der Waals surface area contributed by atoms with Crippen molar-refractivity contribution in [3.8, 4) is 0 Å². The van der Waals surface area contributed by atoms with Crippen LogP contribution in [-0.4, -0.2) is 60.6 Å². The lowest BCUT2D eigenvalue weighted by molar-refractivity contribution is 0.116. The highest BCUT2D eigenvalue weighted by Crippen LogP contribution is 2.19. The highest BCUT2D eigenvalue weighted by Gasteiger charge is 2.28. The van der Waals surface area contributed by atoms with Crippen molar-refractivity contribution in [1.29, 1.82) is 0 Å². The van der Waals surface area contributed by atoms with E-state index in [1.54, 1.807) is 0 Å². The van der Waals surface area contributed by atoms with Gasteiger partial charge in [-0.3, -0.25) is 4.90 Å². The SMILES string of the molecule is CC(CN)N1CCN(C(=O)NC2CC2)CC1. The molecule has 1 saturated heterocycles. The summed E-state index contributed by atoms with van der Waals surface area (Å²) >= 11 is 0. The number of nitrogens with two attached hydrogens (primary N) is 1. The van der Waals surface area contributed by atoms with Crippen LogP contribution in [-0.2, 0) is 0 Å². The lowest BCUT2D eigenvalue weighted by atomic mass is 10.2. The molecule has 1 aliphatic carbocycles. The van der Waals surface area contributed by atoms with Gasteiger partial charge in [0.2, 0.25) is 0 Å². The van der Waals surface area contributed by atoms with Crippen LogP contribution in [0.5, 0.6) is 0 Å². The van der Waals surface area contributed by atoms with Crippen molar-refractivity contribution in [2.24, 2.45) is 5.73 Å². The predicted molar refractivity (Wildman–Crippen MR) is 63.2 cm³/mol. The van der Waals surface area contributed by atoms with E-state index in [1.807, 2.05) is 4.90 Å². The monoisotopic (exact) mass is 226 g/mol. The molecule has 2 fully saturated rings. The van der Waals surface area contributed by atoms with Gasteiger partial charge in [-0.25, -0.2) is 4.79 Å². The summed E-state index contributed by atoms with van der Waals surface area (Å²) in [5.74, 6) is 0. The van der Waals surface area contributed by atoms with Crippen LogP contribution in [0.2, 0.25) is 0 Å². The Morgan fingerprint density at radius 3 is 2.50 bits per heavy atom. The summed E-state index contributed by atoms with van der Waals surface area (Å²) in [6.45, 7) is 6.35. The topological polar surface area (TPSA) is 61.6 Å². The summed E-state index contributed by atoms with van der Waals surface area (Å²) in [7, 11) is 0. The van der Waals surface area contributed by atoms with Gasteiger partial charge in [-0.05, 0) is 19.8 Å². The average molecular weight is 226 g/mol. The molecule has 1 aliphatic heterocycles. The molecule has 0 aromatic rings. The second-order valence-corrected chi connectivity index (χ2v) is 4.83. The van der Waals surface area contributed by atoms with Crippen LogP contribution in [0.3, 0.4) is 0 Å². The number of urea groups is 1. The molecule has 2 rings (SSSR count). The van der Waals surface area contributed by atoms with Crippen LogP contribution in [0.15, 0.2) is 0 Å². The van der Waals surface area contributed by atoms with Crippen molar-refractivity contribution >= 4 is 6.03 Å². The van der Waals surface area contributed by atoms with Gasteiger partial charge in [-0.1, -0.05) is 0 Å². The molecule has 1 unspecified atom stereocenters. The van der Waals surface area contributed by atoms with Gasteiger partial charge in [0, 0.05) is 44.8 Å². The summed E-state index contributed by atoms with van der Waals surface area (Å²) in [6, 6.07) is 0.990. The van der Waals surface area contributed by atoms with E-state index in [9.17, 15) is 4.79 Å². The molecule has 0 aromatic carbocycles. The Hall–Kier alpha value is -0.810. The quantitative estimate of drug-likeness (QED) is 0.702. The predicted octanol–water partition coefficient (Wildman–Crippen LogP) is -0.177. The minimum atomic E-state index is 0.113. The minimum Gasteiger partial charge on any atom is -0.335 e. The number of amides is 2. The van der Waals surface area contributed by atoms with Gasteiger partial charge >= 0.3 is 6.03 Å². The molecule has 5 heteroatoms. The molecule has 1 atom stereocenters. The first-order valence-corrected chi connectivity index (χ1v) is 6.20. The van der Waals surface area contributed by atoms with Crippen LogP contribution < -0.4 is 11.1 Å². The van der Waals surface area contributed by atoms with E-state index in [4.69, 9.17) is 5.73 Å². The van der Waals surface area contributed by atoms with Gasteiger partial charge in [0.25, 0.3) is 0 Å². The summed E-state index contributed by atoms with van der Waals surface area (Å²) in [4.78, 5) is 16.0. The van der Waals surface area contributed by atoms with Crippen molar-refractivity contribution < 1.29 is 4.79 Å². The molecule has 0 spiro atoms. The Balaban J connectivity index is 1.73. The third kappa shape index (κ3) is 2.86. The van der Waals surface area contributed by atoms with E-state index in [0.717, 1.165) is 39.0 Å². The molecule has 5 nitrogen and oxygen atoms in total. The average Bonchev–Trinajstić information content (AvgIpc) is 3.12. The minimum absolute atomic E-state index is 0.113. The second kappa shape index (κ2) is 5.01. The summed E-state index contributed by atoms with van der Waals surface area (Å²) in [6.07, 6.45) is 2.30. The Morgan fingerprint density at radius 1 is 1.38 bits per heavy atom. The molecule has 3 N–H and O–H groups in total. The van der Waals surface area contributed by atoms with Crippen LogP contribution in [0.4, 0.5) is 4.79 Å². The van der Waals surface area contributed by atoms with Crippen LogP contribution in [0.25, 0.3) is 0 Å². The van der Waals surface area contributed by atoms with Gasteiger partial charge in [0.1, 0.15) is 0 Å². The van der Waals surface area contributed by atoms with Gasteiger partial charge in [0.05, 0.1) is 0 Å². The lowest BCUT2D eigenvalue weighted by Gasteiger charge is -2.37. The van der Waals surface area contributed by atoms with E-state index >= 15 is 0 Å². The zero-order chi connectivity index (χ0) is 11.5. The summed E-state index contributed by atoms with van der Waals surface area (Å²) < 4.78 is 0. The molecule has 2 amide bonds. The Morgan fingerprint density at radius 2 is 2.00 bits per heavy atom. The number of carbonyl (C=O) groups is 1. The second-order valence-electron chi connectivity index (χ2n) is 4.83. The van der Waals surface area contributed by atoms with Crippen molar-refractivity contribution in [1.82, 2.24) is 15.1 Å². The fourth-order valence-corrected chi connectivity index (χ4v) is 2.01. The van der Waals surface area contributed by atoms with Crippen molar-refractivity contribution in [2.75, 3.05) is 32.7 Å². The third-order valence-corrected chi connectivity index (χ3v) is 3.47. The van der Waals surface area contributed by atoms with Gasteiger partial charge in [-0.2, -0.15) is 0 Å². The van der Waals surface area contributed by atoms with Crippen LogP contribution in [0.1, 0.15) is 19.8 Å². The maximum atomic E-state index is 11.8. The number of carbonyl (C=O) groups excluding carboxylic acids is 1. The molecular formula is C11H22N4O. The van der Waals surface area contributed by atoms with Gasteiger partial charge in [-0.15, -0.1) is 0 Å². The van der Waals surface area contributed by atoms with Crippen LogP contribution >= 0.6 is 0 Å². The number of piperazine rings is 1. The number of rotatable bonds is 3. The van der Waals surface area contributed by atoms with Crippen LogP contribution in [0, 0.1) is 0 Å². The van der Waals surface area contributed by atoms with E-state index < -0.39 is 0 Å². The first-order chi connectivity index (χ1) is 7.70. The van der Waals surface area contributed by atoms with Crippen molar-refractivity contribution in [3.05, 3.63) is 0 Å². The molecule has 0 bridgehead atoms. The Kier molecular flexibility index (Phi) is 3.66. The standard InChI is InChI=1S/C11H22N4O/c1-9(8-12)14-4-6-15(7-5-14)11(16)13-10-2-3-10/h9-10H,2-8,12H2,1H3,(H,13,16). The molecule has 0 aromatic heterocycles. The summed E-state index contributed by atoms with van der Waals surface area (Å²) in [5.41, 5.74) is 5.64. The van der Waals surface area contributed by atoms with Gasteiger partial charge < -0.3 is 16.0 Å².